The summed E-state index contributed by atoms with van der Waals surface area (Å²) < 4.78 is 19.7. The quantitative estimate of drug-likeness (QED) is 0.467. The number of hydrogen-bond donors (Lipinski definition) is 1. The van der Waals surface area contributed by atoms with Crippen molar-refractivity contribution in [2.24, 2.45) is 50.7 Å². The van der Waals surface area contributed by atoms with E-state index in [4.69, 9.17) is 14.2 Å². The molecule has 0 amide bonds. The molecular formula is C36H60N2O4. The molecule has 0 bridgehead atoms. The second-order valence-corrected chi connectivity index (χ2v) is 17.9. The molecule has 0 aromatic heterocycles. The summed E-state index contributed by atoms with van der Waals surface area (Å²) in [4.78, 5) is 5.21. The van der Waals surface area contributed by atoms with Crippen LogP contribution in [0.3, 0.4) is 0 Å². The van der Waals surface area contributed by atoms with Crippen LogP contribution in [-0.2, 0) is 14.2 Å². The molecule has 0 radical (unpaired) electrons. The van der Waals surface area contributed by atoms with Gasteiger partial charge in [0.25, 0.3) is 0 Å². The number of aliphatic hydroxyl groups excluding tert-OH is 1. The average molecular weight is 585 g/mol. The predicted molar refractivity (Wildman–Crippen MR) is 164 cm³/mol. The molecule has 3 unspecified atom stereocenters. The highest BCUT2D eigenvalue weighted by atomic mass is 16.7. The molecule has 0 aromatic carbocycles. The summed E-state index contributed by atoms with van der Waals surface area (Å²) in [5.74, 6) is 2.47. The van der Waals surface area contributed by atoms with E-state index in [-0.39, 0.29) is 40.8 Å². The number of ether oxygens (including phenoxy) is 3. The van der Waals surface area contributed by atoms with Gasteiger partial charge in [0.05, 0.1) is 24.9 Å². The van der Waals surface area contributed by atoms with Gasteiger partial charge in [0.15, 0.2) is 6.29 Å². The Balaban J connectivity index is 0.994. The molecule has 42 heavy (non-hydrogen) atoms. The molecule has 3 aliphatic heterocycles. The maximum Gasteiger partial charge on any atom is 0.170 e. The molecule has 3 saturated heterocycles. The van der Waals surface area contributed by atoms with E-state index >= 15 is 0 Å². The molecule has 6 heteroatoms. The van der Waals surface area contributed by atoms with Crippen LogP contribution in [0, 0.1) is 50.7 Å². The summed E-state index contributed by atoms with van der Waals surface area (Å²) in [6.45, 7) is 23.1. The van der Waals surface area contributed by atoms with Crippen LogP contribution in [-0.4, -0.2) is 91.0 Å². The van der Waals surface area contributed by atoms with Crippen molar-refractivity contribution in [1.29, 1.82) is 0 Å². The Morgan fingerprint density at radius 1 is 0.857 bits per heavy atom. The van der Waals surface area contributed by atoms with E-state index in [2.05, 4.69) is 58.3 Å². The Labute approximate surface area is 255 Å². The lowest BCUT2D eigenvalue weighted by molar-refractivity contribution is -0.253. The number of morpholine rings is 1. The summed E-state index contributed by atoms with van der Waals surface area (Å²) in [5, 5.41) is 12.1. The summed E-state index contributed by atoms with van der Waals surface area (Å²) in [7, 11) is 0. The van der Waals surface area contributed by atoms with E-state index in [1.54, 1.807) is 0 Å². The van der Waals surface area contributed by atoms with Gasteiger partial charge in [-0.1, -0.05) is 34.6 Å². The largest absolute Gasteiger partial charge is 0.390 e. The SMILES string of the molecule is CC(C)N1CC(N2CCO[C@@H](O[C@H]3CC[C@]45CC46CC[C@]4(C)[C@@H]7C(OCC[C@H]7C)[C@H](O)[C@@]4(C)C6CC[C@H]5C3(C)C)C2)C1. The number of rotatable bonds is 4. The fourth-order valence-corrected chi connectivity index (χ4v) is 13.8. The van der Waals surface area contributed by atoms with E-state index in [0.29, 0.717) is 46.6 Å². The average Bonchev–Trinajstić information content (AvgIpc) is 3.54. The van der Waals surface area contributed by atoms with Gasteiger partial charge in [-0.25, -0.2) is 0 Å². The topological polar surface area (TPSA) is 54.4 Å². The Kier molecular flexibility index (Phi) is 6.54. The van der Waals surface area contributed by atoms with Gasteiger partial charge in [-0.05, 0) is 111 Å². The molecule has 1 N–H and O–H groups in total. The third-order valence-electron chi connectivity index (χ3n) is 16.2. The van der Waals surface area contributed by atoms with Gasteiger partial charge < -0.3 is 19.3 Å². The number of likely N-dealkylation sites (tertiary alicyclic amines) is 1. The molecule has 2 spiro atoms. The van der Waals surface area contributed by atoms with Gasteiger partial charge in [-0.3, -0.25) is 9.80 Å². The molecule has 8 fully saturated rings. The molecule has 5 aliphatic carbocycles. The number of fused-ring (bicyclic) bond motifs is 4. The van der Waals surface area contributed by atoms with Crippen molar-refractivity contribution in [2.45, 2.75) is 137 Å². The lowest BCUT2D eigenvalue weighted by Crippen LogP contribution is -2.64. The molecule has 238 valence electrons. The maximum atomic E-state index is 12.1. The van der Waals surface area contributed by atoms with Crippen LogP contribution in [0.4, 0.5) is 0 Å². The molecule has 0 aromatic rings. The first-order chi connectivity index (χ1) is 19.9. The third-order valence-corrected chi connectivity index (χ3v) is 16.2. The molecular weight excluding hydrogens is 524 g/mol. The van der Waals surface area contributed by atoms with Crippen molar-refractivity contribution in [1.82, 2.24) is 9.80 Å². The predicted octanol–water partition coefficient (Wildman–Crippen LogP) is 5.57. The fourth-order valence-electron chi connectivity index (χ4n) is 13.8. The second-order valence-electron chi connectivity index (χ2n) is 17.9. The number of nitrogens with zero attached hydrogens (tertiary/aromatic N) is 2. The summed E-state index contributed by atoms with van der Waals surface area (Å²) in [6, 6.07) is 1.30. The van der Waals surface area contributed by atoms with Crippen molar-refractivity contribution in [3.63, 3.8) is 0 Å². The van der Waals surface area contributed by atoms with E-state index in [1.807, 2.05) is 0 Å². The standard InChI is InChI=1S/C36H60N2O4/c1-22(2)38-18-24(19-38)37-15-17-40-28(20-37)42-27-10-12-35-21-36(35)14-13-33(6)29-23(3)11-16-41-30(29)31(39)34(33,7)26(36)9-8-25(35)32(27,4)5/h22-31,39H,8-21H2,1-7H3/t23-,25+,26?,27+,28+,29+,30?,31+,33-,34-,35-,36?/m1/s1. The first-order valence-corrected chi connectivity index (χ1v) is 17.9. The van der Waals surface area contributed by atoms with Crippen molar-refractivity contribution >= 4 is 0 Å². The number of hydrogen-bond acceptors (Lipinski definition) is 6. The molecule has 6 nitrogen and oxygen atoms in total. The van der Waals surface area contributed by atoms with Gasteiger partial charge in [0, 0.05) is 50.3 Å². The fraction of sp³-hybridized carbons (Fsp3) is 1.00. The summed E-state index contributed by atoms with van der Waals surface area (Å²) >= 11 is 0. The van der Waals surface area contributed by atoms with Crippen LogP contribution in [0.1, 0.15) is 99.8 Å². The first-order valence-electron chi connectivity index (χ1n) is 17.9. The minimum absolute atomic E-state index is 0.0374. The van der Waals surface area contributed by atoms with Gasteiger partial charge >= 0.3 is 0 Å². The second kappa shape index (κ2) is 9.41. The van der Waals surface area contributed by atoms with E-state index in [1.165, 1.54) is 51.6 Å². The third kappa shape index (κ3) is 3.55. The number of aliphatic hydroxyl groups is 1. The molecule has 8 aliphatic rings. The Morgan fingerprint density at radius 3 is 2.36 bits per heavy atom. The first kappa shape index (κ1) is 29.2. The van der Waals surface area contributed by atoms with Crippen LogP contribution < -0.4 is 0 Å². The monoisotopic (exact) mass is 584 g/mol. The van der Waals surface area contributed by atoms with Crippen LogP contribution in [0.25, 0.3) is 0 Å². The van der Waals surface area contributed by atoms with Crippen LogP contribution in [0.2, 0.25) is 0 Å². The smallest absolute Gasteiger partial charge is 0.170 e. The Bertz CT molecular complexity index is 1080. The van der Waals surface area contributed by atoms with Crippen molar-refractivity contribution in [3.05, 3.63) is 0 Å². The maximum absolute atomic E-state index is 12.1. The van der Waals surface area contributed by atoms with Gasteiger partial charge in [0.1, 0.15) is 0 Å². The summed E-state index contributed by atoms with van der Waals surface area (Å²) in [5.41, 5.74) is 1.13. The van der Waals surface area contributed by atoms with Crippen LogP contribution in [0.15, 0.2) is 0 Å². The van der Waals surface area contributed by atoms with E-state index in [0.717, 1.165) is 39.1 Å². The van der Waals surface area contributed by atoms with Crippen molar-refractivity contribution < 1.29 is 19.3 Å². The van der Waals surface area contributed by atoms with E-state index in [9.17, 15) is 5.11 Å². The van der Waals surface area contributed by atoms with Gasteiger partial charge in [-0.15, -0.1) is 0 Å². The zero-order chi connectivity index (χ0) is 29.4. The van der Waals surface area contributed by atoms with Gasteiger partial charge in [-0.2, -0.15) is 0 Å². The highest BCUT2D eigenvalue weighted by molar-refractivity contribution is 5.32. The molecule has 12 atom stereocenters. The zero-order valence-electron chi connectivity index (χ0n) is 27.7. The molecule has 3 heterocycles. The zero-order valence-corrected chi connectivity index (χ0v) is 27.7. The molecule has 8 rings (SSSR count). The van der Waals surface area contributed by atoms with E-state index < -0.39 is 0 Å². The lowest BCUT2D eigenvalue weighted by atomic mass is 9.41. The highest BCUT2D eigenvalue weighted by Gasteiger charge is 2.84. The summed E-state index contributed by atoms with van der Waals surface area (Å²) in [6.07, 6.45) is 10.1. The van der Waals surface area contributed by atoms with Crippen molar-refractivity contribution in [3.8, 4) is 0 Å². The van der Waals surface area contributed by atoms with Crippen LogP contribution in [0.5, 0.6) is 0 Å². The Morgan fingerprint density at radius 2 is 1.60 bits per heavy atom. The Hall–Kier alpha value is -0.240. The van der Waals surface area contributed by atoms with Crippen molar-refractivity contribution in [2.75, 3.05) is 39.4 Å². The highest BCUT2D eigenvalue weighted by Crippen LogP contribution is 2.89. The minimum atomic E-state index is -0.325. The van der Waals surface area contributed by atoms with Crippen LogP contribution >= 0.6 is 0 Å². The van der Waals surface area contributed by atoms with Gasteiger partial charge in [0.2, 0.25) is 0 Å². The lowest BCUT2D eigenvalue weighted by Gasteiger charge is -2.64. The minimum Gasteiger partial charge on any atom is -0.390 e. The molecule has 5 saturated carbocycles. The normalized spacial score (nSPS) is 55.6.